The van der Waals surface area contributed by atoms with Crippen LogP contribution in [0.1, 0.15) is 53.6 Å². The molecule has 2 atom stereocenters. The van der Waals surface area contributed by atoms with Crippen LogP contribution in [0.4, 0.5) is 18.9 Å². The van der Waals surface area contributed by atoms with E-state index in [0.29, 0.717) is 23.5 Å². The smallest absolute Gasteiger partial charge is 0.475 e. The average molecular weight is 604 g/mol. The number of carbonyl (C=O) groups is 3. The molecule has 41 heavy (non-hydrogen) atoms. The van der Waals surface area contributed by atoms with Crippen LogP contribution in [-0.2, 0) is 18.4 Å². The number of anilines is 1. The van der Waals surface area contributed by atoms with Gasteiger partial charge in [0.2, 0.25) is 0 Å². The van der Waals surface area contributed by atoms with E-state index in [1.807, 2.05) is 13.1 Å². The average Bonchev–Trinajstić information content (AvgIpc) is 3.46. The van der Waals surface area contributed by atoms with Crippen LogP contribution >= 0.6 is 11.6 Å². The van der Waals surface area contributed by atoms with Crippen LogP contribution in [-0.4, -0.2) is 93.5 Å². The molecule has 2 aromatic rings. The van der Waals surface area contributed by atoms with Crippen molar-refractivity contribution in [1.82, 2.24) is 24.9 Å². The van der Waals surface area contributed by atoms with Gasteiger partial charge in [0.05, 0.1) is 10.6 Å². The predicted molar refractivity (Wildman–Crippen MR) is 149 cm³/mol. The molecule has 228 valence electrons. The highest BCUT2D eigenvalue weighted by atomic mass is 35.5. The maximum Gasteiger partial charge on any atom is 0.490 e. The van der Waals surface area contributed by atoms with Gasteiger partial charge in [0.15, 0.2) is 5.69 Å². The fourth-order valence-corrected chi connectivity index (χ4v) is 4.54. The molecule has 0 spiro atoms. The van der Waals surface area contributed by atoms with Crippen molar-refractivity contribution in [3.63, 3.8) is 0 Å². The number of likely N-dealkylation sites (tertiary alicyclic amines) is 1. The van der Waals surface area contributed by atoms with Gasteiger partial charge in [0, 0.05) is 62.8 Å². The Hall–Kier alpha value is -3.20. The van der Waals surface area contributed by atoms with E-state index in [0.717, 1.165) is 44.7 Å². The van der Waals surface area contributed by atoms with Crippen molar-refractivity contribution in [2.75, 3.05) is 38.0 Å². The number of carboxylic acids is 1. The highest BCUT2D eigenvalue weighted by Gasteiger charge is 2.38. The van der Waals surface area contributed by atoms with Crippen LogP contribution in [0.3, 0.4) is 0 Å². The summed E-state index contributed by atoms with van der Waals surface area (Å²) in [4.78, 5) is 39.0. The van der Waals surface area contributed by atoms with Gasteiger partial charge in [0.25, 0.3) is 11.8 Å². The minimum Gasteiger partial charge on any atom is -0.475 e. The first-order valence-electron chi connectivity index (χ1n) is 13.1. The van der Waals surface area contributed by atoms with Gasteiger partial charge < -0.3 is 26.4 Å². The molecule has 3 rings (SSSR count). The monoisotopic (exact) mass is 603 g/mol. The summed E-state index contributed by atoms with van der Waals surface area (Å²) in [5.41, 5.74) is 8.09. The van der Waals surface area contributed by atoms with Crippen LogP contribution in [0.2, 0.25) is 5.02 Å². The Bertz CT molecular complexity index is 1200. The number of aromatic nitrogens is 2. The molecular formula is C26H37ClF3N7O4. The minimum absolute atomic E-state index is 0.0180. The van der Waals surface area contributed by atoms with E-state index in [2.05, 4.69) is 39.4 Å². The van der Waals surface area contributed by atoms with E-state index in [-0.39, 0.29) is 28.9 Å². The molecule has 2 amide bonds. The second-order valence-corrected chi connectivity index (χ2v) is 10.2. The molecule has 5 N–H and O–H groups in total. The van der Waals surface area contributed by atoms with Gasteiger partial charge in [-0.1, -0.05) is 25.4 Å². The standard InChI is InChI=1S/C24H36ClN7O2.C2HF3O2/c1-5-31(6-2)12-16(3)27-23(33)20-8-7-19(11-21(20)25)28-24(34)22-17(13-30(4)29-22)14-32-10-9-18(26)15-32;3-2(4,5)1(6)7/h7-8,11,13,16,18H,5-6,9-10,12,14-15,26H2,1-4H3,(H,27,33)(H,28,34);(H,6,7). The first-order chi connectivity index (χ1) is 19.1. The Morgan fingerprint density at radius 2 is 1.88 bits per heavy atom. The Morgan fingerprint density at radius 1 is 1.24 bits per heavy atom. The number of amides is 2. The maximum atomic E-state index is 13.0. The number of carbonyl (C=O) groups excluding carboxylic acids is 2. The molecule has 0 bridgehead atoms. The Kier molecular flexibility index (Phi) is 12.6. The second-order valence-electron chi connectivity index (χ2n) is 9.77. The minimum atomic E-state index is -5.08. The van der Waals surface area contributed by atoms with E-state index in [4.69, 9.17) is 27.2 Å². The van der Waals surface area contributed by atoms with Gasteiger partial charge in [-0.25, -0.2) is 4.79 Å². The van der Waals surface area contributed by atoms with Gasteiger partial charge in [0.1, 0.15) is 0 Å². The number of nitrogens with zero attached hydrogens (tertiary/aromatic N) is 4. The maximum absolute atomic E-state index is 13.0. The topological polar surface area (TPSA) is 146 Å². The summed E-state index contributed by atoms with van der Waals surface area (Å²) in [7, 11) is 1.79. The molecule has 0 aliphatic carbocycles. The van der Waals surface area contributed by atoms with Crippen molar-refractivity contribution in [2.24, 2.45) is 12.8 Å². The van der Waals surface area contributed by atoms with Crippen molar-refractivity contribution in [1.29, 1.82) is 0 Å². The zero-order valence-electron chi connectivity index (χ0n) is 23.5. The summed E-state index contributed by atoms with van der Waals surface area (Å²) in [6, 6.07) is 5.05. The number of benzene rings is 1. The fourth-order valence-electron chi connectivity index (χ4n) is 4.28. The predicted octanol–water partition coefficient (Wildman–Crippen LogP) is 2.95. The molecule has 0 radical (unpaired) electrons. The third-order valence-corrected chi connectivity index (χ3v) is 6.65. The Morgan fingerprint density at radius 3 is 2.39 bits per heavy atom. The Balaban J connectivity index is 0.000000745. The quantitative estimate of drug-likeness (QED) is 0.324. The molecule has 11 nitrogen and oxygen atoms in total. The molecule has 1 aromatic carbocycles. The molecular weight excluding hydrogens is 567 g/mol. The number of alkyl halides is 3. The van der Waals surface area contributed by atoms with Gasteiger partial charge in [-0.15, -0.1) is 0 Å². The molecule has 1 aliphatic heterocycles. The highest BCUT2D eigenvalue weighted by molar-refractivity contribution is 6.34. The normalized spacial score (nSPS) is 16.2. The number of nitrogens with two attached hydrogens (primary N) is 1. The lowest BCUT2D eigenvalue weighted by Crippen LogP contribution is -2.42. The lowest BCUT2D eigenvalue weighted by molar-refractivity contribution is -0.192. The summed E-state index contributed by atoms with van der Waals surface area (Å²) in [5.74, 6) is -3.31. The summed E-state index contributed by atoms with van der Waals surface area (Å²) < 4.78 is 33.4. The van der Waals surface area contributed by atoms with Gasteiger partial charge in [-0.05, 0) is 44.6 Å². The number of likely N-dealkylation sites (N-methyl/N-ethyl adjacent to an activating group) is 1. The van der Waals surface area contributed by atoms with Crippen molar-refractivity contribution < 1.29 is 32.7 Å². The van der Waals surface area contributed by atoms with Crippen molar-refractivity contribution in [3.8, 4) is 0 Å². The number of nitrogens with one attached hydrogen (secondary N) is 2. The van der Waals surface area contributed by atoms with E-state index in [1.165, 1.54) is 0 Å². The SMILES string of the molecule is CCN(CC)CC(C)NC(=O)c1ccc(NC(=O)c2nn(C)cc2CN2CCC(N)C2)cc1Cl.O=C(O)C(F)(F)F. The van der Waals surface area contributed by atoms with Crippen LogP contribution in [0.15, 0.2) is 24.4 Å². The molecule has 2 unspecified atom stereocenters. The second kappa shape index (κ2) is 15.1. The first kappa shape index (κ1) is 34.0. The van der Waals surface area contributed by atoms with Gasteiger partial charge in [-0.2, -0.15) is 18.3 Å². The van der Waals surface area contributed by atoms with Crippen LogP contribution in [0.25, 0.3) is 0 Å². The van der Waals surface area contributed by atoms with Crippen LogP contribution < -0.4 is 16.4 Å². The number of rotatable bonds is 10. The number of aliphatic carboxylic acids is 1. The summed E-state index contributed by atoms with van der Waals surface area (Å²) in [6.45, 7) is 11.1. The van der Waals surface area contributed by atoms with Gasteiger partial charge in [-0.3, -0.25) is 19.2 Å². The number of hydrogen-bond acceptors (Lipinski definition) is 7. The molecule has 2 heterocycles. The zero-order valence-corrected chi connectivity index (χ0v) is 24.2. The number of halogens is 4. The van der Waals surface area contributed by atoms with Crippen molar-refractivity contribution in [3.05, 3.63) is 46.2 Å². The number of aryl methyl sites for hydroxylation is 1. The zero-order chi connectivity index (χ0) is 30.9. The van der Waals surface area contributed by atoms with Gasteiger partial charge >= 0.3 is 12.1 Å². The summed E-state index contributed by atoms with van der Waals surface area (Å²) in [6.07, 6.45) is -2.27. The fraction of sp³-hybridized carbons (Fsp3) is 0.538. The van der Waals surface area contributed by atoms with Crippen LogP contribution in [0.5, 0.6) is 0 Å². The number of hydrogen-bond donors (Lipinski definition) is 4. The van der Waals surface area contributed by atoms with E-state index in [9.17, 15) is 22.8 Å². The van der Waals surface area contributed by atoms with Crippen molar-refractivity contribution >= 4 is 35.1 Å². The summed E-state index contributed by atoms with van der Waals surface area (Å²) >= 11 is 6.40. The third-order valence-electron chi connectivity index (χ3n) is 6.34. The molecule has 1 aromatic heterocycles. The summed E-state index contributed by atoms with van der Waals surface area (Å²) in [5, 5.41) is 17.6. The van der Waals surface area contributed by atoms with Crippen LogP contribution in [0, 0.1) is 0 Å². The molecule has 15 heteroatoms. The number of carboxylic acid groups (broad SMARTS) is 1. The van der Waals surface area contributed by atoms with E-state index >= 15 is 0 Å². The third kappa shape index (κ3) is 10.6. The highest BCUT2D eigenvalue weighted by Crippen LogP contribution is 2.23. The molecule has 0 saturated carbocycles. The van der Waals surface area contributed by atoms with E-state index < -0.39 is 12.1 Å². The van der Waals surface area contributed by atoms with E-state index in [1.54, 1.807) is 29.9 Å². The lowest BCUT2D eigenvalue weighted by Gasteiger charge is -2.23. The molecule has 1 fully saturated rings. The molecule has 1 aliphatic rings. The lowest BCUT2D eigenvalue weighted by atomic mass is 10.1. The largest absolute Gasteiger partial charge is 0.490 e. The molecule has 1 saturated heterocycles. The van der Waals surface area contributed by atoms with Crippen molar-refractivity contribution in [2.45, 2.75) is 52.0 Å². The Labute approximate surface area is 241 Å². The first-order valence-corrected chi connectivity index (χ1v) is 13.5.